The van der Waals surface area contributed by atoms with E-state index in [1.165, 1.54) is 51.9 Å². The Morgan fingerprint density at radius 3 is 1.15 bits per heavy atom. The first-order valence-corrected chi connectivity index (χ1v) is 38.3. The number of Topliss-reactive ketones (excluding diaryl/α,β-unsaturated/α-hetero) is 3. The molecule has 0 saturated heterocycles. The van der Waals surface area contributed by atoms with E-state index in [9.17, 15) is 50.9 Å². The first-order chi connectivity index (χ1) is 47.1. The number of benzene rings is 3. The highest BCUT2D eigenvalue weighted by molar-refractivity contribution is 7.90. The standard InChI is InChI=1S/C20H26ClN6O5P.C20H27N6O7PS.C20H27N6O5P/c1-12-4-5-15(8-16(12)21)9-32-33(30,26-13(2)14(3)28)11-31-7-6-27-10-23-17-18(27)24-20(22)25-19(17)29;1-13(14(2)27)25-34(29,33-10-15-4-6-16(7-5-15)35(3,30)31)12-32-9-8-26-11-22-17-18(26)23-20(21)24-19(17)28;1-13-4-6-16(7-5-13)10-31-32(29,25-14(2)15(3)27)12-30-9-8-26-11-22-17-18(26)23-20(21)24-19(17)28/h4-5,8,10,13H,6-7,9,11H2,1-3H3,(H,26,30)(H3,22,24,25,29);4-7,11,13H,8-10,12H2,1-3H3,(H,25,29)(H3,21,23,24,28);4-7,11,14H,8-10,12H2,1-3H3,(H,25,29)(H3,21,23,24,28)/t13-,33?;13-,34?;14-,32?/m111/s1. The van der Waals surface area contributed by atoms with Gasteiger partial charge < -0.3 is 58.7 Å². The van der Waals surface area contributed by atoms with E-state index >= 15 is 0 Å². The number of hydrogen-bond acceptors (Lipinski definition) is 26. The smallest absolute Gasteiger partial charge is 0.295 e. The SMILES string of the molecule is CC(=O)[C@@H](C)NP(=O)(COCCn1cnc2c(=O)[nH]c(N)nc21)OCc1ccc(C)c(Cl)c1.CC(=O)[C@@H](C)NP(=O)(COCCn1cnc2c(=O)[nH]c(N)nc21)OCc1ccc(C)cc1.CC(=O)[C@@H](C)NP(=O)(COCCn1cnc2c(=O)[nH]c(N)nc21)OCc1ccc(S(C)(=O)=O)cc1. The molecule has 6 atom stereocenters. The third kappa shape index (κ3) is 23.1. The number of rotatable bonds is 34. The molecule has 0 amide bonds. The fourth-order valence-corrected chi connectivity index (χ4v) is 14.7. The minimum atomic E-state index is -3.64. The van der Waals surface area contributed by atoms with Crippen molar-refractivity contribution in [2.75, 3.05) is 62.3 Å². The van der Waals surface area contributed by atoms with Crippen LogP contribution in [0.4, 0.5) is 17.8 Å². The molecule has 9 aromatic rings. The molecule has 9 rings (SSSR count). The molecule has 0 saturated carbocycles. The Morgan fingerprint density at radius 1 is 0.530 bits per heavy atom. The van der Waals surface area contributed by atoms with Crippen molar-refractivity contribution in [1.82, 2.24) is 73.8 Å². The lowest BCUT2D eigenvalue weighted by atomic mass is 10.2. The molecule has 0 fully saturated rings. The second-order valence-corrected chi connectivity index (χ2v) is 31.8. The summed E-state index contributed by atoms with van der Waals surface area (Å²) in [6.07, 6.45) is 4.58. The number of H-pyrrole nitrogens is 3. The van der Waals surface area contributed by atoms with E-state index in [0.29, 0.717) is 28.4 Å². The van der Waals surface area contributed by atoms with Crippen LogP contribution in [0.5, 0.6) is 0 Å². The minimum Gasteiger partial charge on any atom is -0.369 e. The number of anilines is 3. The summed E-state index contributed by atoms with van der Waals surface area (Å²) in [5.74, 6) is -0.660. The van der Waals surface area contributed by atoms with Gasteiger partial charge in [0.1, 0.15) is 36.4 Å². The Hall–Kier alpha value is -8.31. The van der Waals surface area contributed by atoms with Gasteiger partial charge in [0, 0.05) is 30.9 Å². The Labute approximate surface area is 577 Å². The Bertz CT molecular complexity index is 4820. The minimum absolute atomic E-state index is 0.0124. The molecular formula is C60H80ClN18O17P3S. The average Bonchev–Trinajstić information content (AvgIpc) is 1.66. The first-order valence-electron chi connectivity index (χ1n) is 30.6. The van der Waals surface area contributed by atoms with Crippen LogP contribution in [0.25, 0.3) is 33.5 Å². The summed E-state index contributed by atoms with van der Waals surface area (Å²) >= 11 is 6.15. The zero-order valence-corrected chi connectivity index (χ0v) is 60.4. The van der Waals surface area contributed by atoms with Crippen molar-refractivity contribution in [2.45, 2.75) is 118 Å². The number of nitrogen functional groups attached to an aromatic ring is 3. The summed E-state index contributed by atoms with van der Waals surface area (Å²) in [6, 6.07) is 17.0. The van der Waals surface area contributed by atoms with Gasteiger partial charge in [-0.15, -0.1) is 0 Å². The molecule has 0 aliphatic rings. The molecule has 35 nitrogen and oxygen atoms in total. The molecule has 40 heteroatoms. The maximum absolute atomic E-state index is 13.4. The van der Waals surface area contributed by atoms with E-state index in [1.807, 2.05) is 50.2 Å². The largest absolute Gasteiger partial charge is 0.369 e. The zero-order valence-electron chi connectivity index (χ0n) is 56.1. The molecule has 12 N–H and O–H groups in total. The van der Waals surface area contributed by atoms with Crippen molar-refractivity contribution in [3.63, 3.8) is 0 Å². The van der Waals surface area contributed by atoms with Crippen LogP contribution in [-0.2, 0) is 105 Å². The number of carbonyl (C=O) groups is 3. The fourth-order valence-electron chi connectivity index (χ4n) is 8.72. The second kappa shape index (κ2) is 35.3. The van der Waals surface area contributed by atoms with Crippen molar-refractivity contribution in [3.8, 4) is 0 Å². The predicted octanol–water partition coefficient (Wildman–Crippen LogP) is 5.63. The number of aromatic amines is 3. The van der Waals surface area contributed by atoms with Crippen LogP contribution < -0.4 is 49.1 Å². The van der Waals surface area contributed by atoms with Gasteiger partial charge in [0.25, 0.3) is 39.2 Å². The number of sulfone groups is 1. The summed E-state index contributed by atoms with van der Waals surface area (Å²) < 4.78 is 102. The van der Waals surface area contributed by atoms with E-state index in [0.717, 1.165) is 28.5 Å². The van der Waals surface area contributed by atoms with E-state index in [-0.39, 0.29) is 134 Å². The number of aryl methyl sites for hydroxylation is 2. The molecule has 540 valence electrons. The lowest BCUT2D eigenvalue weighted by Gasteiger charge is -2.23. The Balaban J connectivity index is 0.000000211. The number of halogens is 1. The van der Waals surface area contributed by atoms with Crippen LogP contribution in [0.15, 0.2) is 105 Å². The number of fused-ring (bicyclic) bond motifs is 3. The van der Waals surface area contributed by atoms with Crippen molar-refractivity contribution in [1.29, 1.82) is 0 Å². The normalized spacial score (nSPS) is 14.4. The molecule has 3 aromatic carbocycles. The Morgan fingerprint density at radius 2 is 0.840 bits per heavy atom. The van der Waals surface area contributed by atoms with Gasteiger partial charge in [-0.3, -0.25) is 57.4 Å². The summed E-state index contributed by atoms with van der Waals surface area (Å²) in [5, 5.41) is 8.82. The summed E-state index contributed by atoms with van der Waals surface area (Å²) in [7, 11) is -14.0. The number of nitrogens with two attached hydrogens (primary N) is 3. The summed E-state index contributed by atoms with van der Waals surface area (Å²) in [6.45, 7) is 14.0. The molecule has 0 spiro atoms. The third-order valence-electron chi connectivity index (χ3n) is 14.7. The molecule has 6 heterocycles. The molecular weight excluding hydrogens is 1410 g/mol. The van der Waals surface area contributed by atoms with Gasteiger partial charge in [0.2, 0.25) is 17.8 Å². The number of ketones is 3. The van der Waals surface area contributed by atoms with Crippen LogP contribution in [0.1, 0.15) is 69.4 Å². The van der Waals surface area contributed by atoms with Crippen molar-refractivity contribution in [3.05, 3.63) is 150 Å². The lowest BCUT2D eigenvalue weighted by Crippen LogP contribution is -2.32. The van der Waals surface area contributed by atoms with E-state index in [4.69, 9.17) is 56.6 Å². The van der Waals surface area contributed by atoms with Crippen LogP contribution >= 0.6 is 34.2 Å². The highest BCUT2D eigenvalue weighted by Gasteiger charge is 2.31. The van der Waals surface area contributed by atoms with Gasteiger partial charge in [-0.25, -0.2) is 38.6 Å². The van der Waals surface area contributed by atoms with Crippen LogP contribution in [0, 0.1) is 13.8 Å². The number of ether oxygens (including phenoxy) is 3. The maximum atomic E-state index is 13.4. The number of carbonyl (C=O) groups excluding carboxylic acids is 3. The number of aromatic nitrogens is 12. The highest BCUT2D eigenvalue weighted by Crippen LogP contribution is 2.46. The van der Waals surface area contributed by atoms with E-state index in [1.54, 1.807) is 52.7 Å². The summed E-state index contributed by atoms with van der Waals surface area (Å²) in [5.41, 5.74) is 21.1. The molecule has 0 aliphatic carbocycles. The molecule has 0 radical (unpaired) electrons. The van der Waals surface area contributed by atoms with Gasteiger partial charge >= 0.3 is 0 Å². The highest BCUT2D eigenvalue weighted by atomic mass is 35.5. The summed E-state index contributed by atoms with van der Waals surface area (Å²) in [4.78, 5) is 102. The monoisotopic (exact) mass is 1480 g/mol. The Kier molecular flexibility index (Phi) is 27.9. The molecule has 6 aromatic heterocycles. The number of hydrogen-bond donors (Lipinski definition) is 9. The van der Waals surface area contributed by atoms with Gasteiger partial charge in [-0.05, 0) is 95.8 Å². The van der Waals surface area contributed by atoms with Crippen LogP contribution in [0.2, 0.25) is 5.02 Å². The van der Waals surface area contributed by atoms with Crippen LogP contribution in [-0.4, -0.2) is 148 Å². The topological polar surface area (TPSA) is 497 Å². The van der Waals surface area contributed by atoms with Gasteiger partial charge in [-0.1, -0.05) is 65.7 Å². The van der Waals surface area contributed by atoms with E-state index in [2.05, 4.69) is 60.1 Å². The number of nitrogens with zero attached hydrogens (tertiary/aromatic N) is 9. The number of imidazole rings is 3. The van der Waals surface area contributed by atoms with E-state index < -0.39 is 67.2 Å². The van der Waals surface area contributed by atoms with Crippen molar-refractivity contribution in [2.24, 2.45) is 0 Å². The lowest BCUT2D eigenvalue weighted by molar-refractivity contribution is -0.119. The van der Waals surface area contributed by atoms with Gasteiger partial charge in [-0.2, -0.15) is 15.0 Å². The first kappa shape index (κ1) is 79.0. The van der Waals surface area contributed by atoms with Gasteiger partial charge in [0.15, 0.2) is 43.3 Å². The second-order valence-electron chi connectivity index (χ2n) is 23.0. The maximum Gasteiger partial charge on any atom is 0.295 e. The molecule has 3 unspecified atom stereocenters. The predicted molar refractivity (Wildman–Crippen MR) is 374 cm³/mol. The fraction of sp³-hybridized carbons (Fsp3) is 0.400. The van der Waals surface area contributed by atoms with Gasteiger partial charge in [0.05, 0.1) is 81.6 Å². The van der Waals surface area contributed by atoms with Crippen molar-refractivity contribution < 1.29 is 64.3 Å². The van der Waals surface area contributed by atoms with Crippen molar-refractivity contribution >= 4 is 113 Å². The average molecular weight is 1490 g/mol. The number of nitrogens with one attached hydrogen (secondary N) is 6. The third-order valence-corrected chi connectivity index (χ3v) is 21.8. The molecule has 0 bridgehead atoms. The molecule has 0 aliphatic heterocycles. The quantitative estimate of drug-likeness (QED) is 0.0174. The molecule has 100 heavy (non-hydrogen) atoms. The zero-order chi connectivity index (χ0) is 73.3. The van der Waals surface area contributed by atoms with Crippen LogP contribution in [0.3, 0.4) is 0 Å².